The molecule has 0 aliphatic carbocycles. The van der Waals surface area contributed by atoms with Crippen LogP contribution in [-0.2, 0) is 16.6 Å². The molecular formula is C22H21ClN2O4S. The van der Waals surface area contributed by atoms with Gasteiger partial charge in [-0.15, -0.1) is 0 Å². The summed E-state index contributed by atoms with van der Waals surface area (Å²) in [6.07, 6.45) is 0. The van der Waals surface area contributed by atoms with E-state index in [4.69, 9.17) is 16.3 Å². The van der Waals surface area contributed by atoms with Crippen LogP contribution in [0, 0.1) is 0 Å². The van der Waals surface area contributed by atoms with Crippen LogP contribution in [0.2, 0.25) is 5.02 Å². The van der Waals surface area contributed by atoms with Crippen LogP contribution in [0.1, 0.15) is 22.8 Å². The molecule has 0 bridgehead atoms. The van der Waals surface area contributed by atoms with E-state index in [1.165, 1.54) is 30.3 Å². The zero-order chi connectivity index (χ0) is 21.6. The van der Waals surface area contributed by atoms with Crippen LogP contribution in [0.5, 0.6) is 5.75 Å². The summed E-state index contributed by atoms with van der Waals surface area (Å²) in [5.74, 6) is 0.308. The highest BCUT2D eigenvalue weighted by atomic mass is 35.5. The molecule has 156 valence electrons. The Balaban J connectivity index is 1.73. The van der Waals surface area contributed by atoms with Crippen molar-refractivity contribution < 1.29 is 17.9 Å². The molecule has 3 aromatic rings. The Morgan fingerprint density at radius 2 is 1.77 bits per heavy atom. The molecule has 0 radical (unpaired) electrons. The van der Waals surface area contributed by atoms with Gasteiger partial charge in [-0.25, -0.2) is 8.42 Å². The Bertz CT molecular complexity index is 1130. The molecule has 0 saturated heterocycles. The van der Waals surface area contributed by atoms with E-state index in [1.807, 2.05) is 31.2 Å². The van der Waals surface area contributed by atoms with Gasteiger partial charge in [-0.2, -0.15) is 0 Å². The largest absolute Gasteiger partial charge is 0.494 e. The Labute approximate surface area is 180 Å². The number of carbonyl (C=O) groups is 1. The monoisotopic (exact) mass is 444 g/mol. The summed E-state index contributed by atoms with van der Waals surface area (Å²) >= 11 is 6.17. The van der Waals surface area contributed by atoms with Gasteiger partial charge in [0, 0.05) is 12.2 Å². The lowest BCUT2D eigenvalue weighted by atomic mass is 10.1. The summed E-state index contributed by atoms with van der Waals surface area (Å²) in [5, 5.41) is 3.01. The summed E-state index contributed by atoms with van der Waals surface area (Å²) in [6, 6.07) is 19.8. The van der Waals surface area contributed by atoms with Crippen LogP contribution in [0.15, 0.2) is 77.7 Å². The van der Waals surface area contributed by atoms with Crippen molar-refractivity contribution >= 4 is 33.2 Å². The van der Waals surface area contributed by atoms with Crippen molar-refractivity contribution in [2.45, 2.75) is 18.4 Å². The molecule has 3 rings (SSSR count). The predicted octanol–water partition coefficient (Wildman–Crippen LogP) is 4.47. The Kier molecular flexibility index (Phi) is 6.97. The maximum absolute atomic E-state index is 12.6. The van der Waals surface area contributed by atoms with Crippen molar-refractivity contribution in [3.05, 3.63) is 88.9 Å². The first-order valence-electron chi connectivity index (χ1n) is 9.26. The van der Waals surface area contributed by atoms with Gasteiger partial charge in [0.2, 0.25) is 0 Å². The number of nitrogens with one attached hydrogen (secondary N) is 2. The minimum Gasteiger partial charge on any atom is -0.494 e. The number of hydrogen-bond acceptors (Lipinski definition) is 4. The molecule has 2 N–H and O–H groups in total. The fraction of sp³-hybridized carbons (Fsp3) is 0.136. The molecule has 0 aliphatic heterocycles. The highest BCUT2D eigenvalue weighted by Gasteiger charge is 2.16. The van der Waals surface area contributed by atoms with E-state index < -0.39 is 15.9 Å². The summed E-state index contributed by atoms with van der Waals surface area (Å²) in [7, 11) is -3.77. The lowest BCUT2D eigenvalue weighted by Gasteiger charge is -2.12. The molecule has 0 spiro atoms. The van der Waals surface area contributed by atoms with Crippen LogP contribution >= 0.6 is 11.6 Å². The fourth-order valence-electron chi connectivity index (χ4n) is 2.77. The van der Waals surface area contributed by atoms with Gasteiger partial charge in [-0.1, -0.05) is 41.9 Å². The van der Waals surface area contributed by atoms with E-state index in [1.54, 1.807) is 18.2 Å². The Morgan fingerprint density at radius 3 is 2.50 bits per heavy atom. The van der Waals surface area contributed by atoms with Crippen LogP contribution in [0.4, 0.5) is 5.69 Å². The van der Waals surface area contributed by atoms with Gasteiger partial charge in [0.25, 0.3) is 15.9 Å². The number of benzene rings is 3. The molecule has 0 heterocycles. The van der Waals surface area contributed by atoms with Crippen LogP contribution in [0.3, 0.4) is 0 Å². The molecule has 30 heavy (non-hydrogen) atoms. The van der Waals surface area contributed by atoms with E-state index in [9.17, 15) is 13.2 Å². The number of amides is 1. The highest BCUT2D eigenvalue weighted by molar-refractivity contribution is 7.92. The third-order valence-corrected chi connectivity index (χ3v) is 5.91. The summed E-state index contributed by atoms with van der Waals surface area (Å²) in [4.78, 5) is 12.8. The van der Waals surface area contributed by atoms with Gasteiger partial charge in [-0.05, 0) is 55.0 Å². The first kappa shape index (κ1) is 21.7. The molecule has 0 unspecified atom stereocenters. The second kappa shape index (κ2) is 9.65. The zero-order valence-electron chi connectivity index (χ0n) is 16.3. The Morgan fingerprint density at radius 1 is 1.00 bits per heavy atom. The van der Waals surface area contributed by atoms with Gasteiger partial charge < -0.3 is 10.1 Å². The number of anilines is 1. The average molecular weight is 445 g/mol. The summed E-state index contributed by atoms with van der Waals surface area (Å²) in [5.41, 5.74) is 1.28. The van der Waals surface area contributed by atoms with E-state index in [2.05, 4.69) is 10.0 Å². The van der Waals surface area contributed by atoms with Gasteiger partial charge >= 0.3 is 0 Å². The van der Waals surface area contributed by atoms with Crippen molar-refractivity contribution in [1.29, 1.82) is 0 Å². The number of sulfonamides is 1. The number of carbonyl (C=O) groups excluding carboxylic acids is 1. The maximum Gasteiger partial charge on any atom is 0.261 e. The van der Waals surface area contributed by atoms with Crippen molar-refractivity contribution in [2.24, 2.45) is 0 Å². The normalized spacial score (nSPS) is 11.0. The van der Waals surface area contributed by atoms with Gasteiger partial charge in [-0.3, -0.25) is 9.52 Å². The lowest BCUT2D eigenvalue weighted by molar-refractivity contribution is 0.0951. The van der Waals surface area contributed by atoms with E-state index in [-0.39, 0.29) is 27.7 Å². The smallest absolute Gasteiger partial charge is 0.261 e. The van der Waals surface area contributed by atoms with Gasteiger partial charge in [0.05, 0.1) is 22.1 Å². The highest BCUT2D eigenvalue weighted by Crippen LogP contribution is 2.23. The first-order chi connectivity index (χ1) is 14.4. The summed E-state index contributed by atoms with van der Waals surface area (Å²) in [6.45, 7) is 2.72. The van der Waals surface area contributed by atoms with E-state index in [0.717, 1.165) is 11.3 Å². The van der Waals surface area contributed by atoms with E-state index in [0.29, 0.717) is 6.61 Å². The molecule has 0 atom stereocenters. The summed E-state index contributed by atoms with van der Waals surface area (Å²) < 4.78 is 32.9. The van der Waals surface area contributed by atoms with Crippen molar-refractivity contribution in [3.8, 4) is 5.75 Å². The number of halogens is 1. The number of hydrogen-bond donors (Lipinski definition) is 2. The zero-order valence-corrected chi connectivity index (χ0v) is 17.8. The number of ether oxygens (including phenoxy) is 1. The minimum atomic E-state index is -3.77. The third kappa shape index (κ3) is 5.52. The topological polar surface area (TPSA) is 84.5 Å². The molecule has 6 nitrogen and oxygen atoms in total. The molecular weight excluding hydrogens is 424 g/mol. The van der Waals surface area contributed by atoms with Crippen molar-refractivity contribution in [2.75, 3.05) is 11.3 Å². The minimum absolute atomic E-state index is 0.125. The quantitative estimate of drug-likeness (QED) is 0.536. The van der Waals surface area contributed by atoms with E-state index >= 15 is 0 Å². The second-order valence-electron chi connectivity index (χ2n) is 6.38. The molecule has 8 heteroatoms. The van der Waals surface area contributed by atoms with Crippen LogP contribution in [0.25, 0.3) is 0 Å². The molecule has 3 aromatic carbocycles. The molecule has 1 amide bonds. The second-order valence-corrected chi connectivity index (χ2v) is 8.47. The Hall–Kier alpha value is -3.03. The lowest BCUT2D eigenvalue weighted by Crippen LogP contribution is -2.23. The number of rotatable bonds is 8. The molecule has 0 aromatic heterocycles. The van der Waals surface area contributed by atoms with Crippen LogP contribution in [-0.4, -0.2) is 20.9 Å². The third-order valence-electron chi connectivity index (χ3n) is 4.18. The molecule has 0 fully saturated rings. The average Bonchev–Trinajstić information content (AvgIpc) is 2.74. The van der Waals surface area contributed by atoms with Gasteiger partial charge in [0.1, 0.15) is 5.75 Å². The fourth-order valence-corrected chi connectivity index (χ4v) is 4.04. The maximum atomic E-state index is 12.6. The van der Waals surface area contributed by atoms with Gasteiger partial charge in [0.15, 0.2) is 0 Å². The van der Waals surface area contributed by atoms with Crippen molar-refractivity contribution in [1.82, 2.24) is 5.32 Å². The SMILES string of the molecule is CCOc1cccc(CNC(=O)c2cc(NS(=O)(=O)c3ccccc3)ccc2Cl)c1. The predicted molar refractivity (Wildman–Crippen MR) is 117 cm³/mol. The standard InChI is InChI=1S/C22H21ClN2O4S/c1-2-29-18-8-6-7-16(13-18)15-24-22(26)20-14-17(11-12-21(20)23)25-30(27,28)19-9-4-3-5-10-19/h3-14,25H,2,15H2,1H3,(H,24,26). The molecule has 0 aliphatic rings. The first-order valence-corrected chi connectivity index (χ1v) is 11.1. The van der Waals surface area contributed by atoms with Crippen molar-refractivity contribution in [3.63, 3.8) is 0 Å². The molecule has 0 saturated carbocycles. The van der Waals surface area contributed by atoms with Crippen LogP contribution < -0.4 is 14.8 Å².